The molecule has 1 atom stereocenters. The summed E-state index contributed by atoms with van der Waals surface area (Å²) in [5.74, 6) is 0.244. The fourth-order valence-electron chi connectivity index (χ4n) is 1.08. The third kappa shape index (κ3) is 1.98. The van der Waals surface area contributed by atoms with E-state index in [9.17, 15) is 5.11 Å². The maximum absolute atomic E-state index is 9.65. The lowest BCUT2D eigenvalue weighted by atomic mass is 9.99. The summed E-state index contributed by atoms with van der Waals surface area (Å²) in [5.41, 5.74) is 7.18. The summed E-state index contributed by atoms with van der Waals surface area (Å²) in [6.45, 7) is 3.97. The molecule has 66 valence electrons. The van der Waals surface area contributed by atoms with Crippen molar-refractivity contribution in [3.63, 3.8) is 0 Å². The third-order valence-electron chi connectivity index (χ3n) is 1.91. The second-order valence-corrected chi connectivity index (χ2v) is 3.36. The number of hydrogen-bond acceptors (Lipinski definition) is 2. The Balaban J connectivity index is 2.82. The Morgan fingerprint density at radius 3 is 2.08 bits per heavy atom. The summed E-state index contributed by atoms with van der Waals surface area (Å²) < 4.78 is 0. The zero-order chi connectivity index (χ0) is 9.14. The Labute approximate surface area is 73.0 Å². The van der Waals surface area contributed by atoms with Crippen molar-refractivity contribution >= 4 is 5.69 Å². The quantitative estimate of drug-likeness (QED) is 0.658. The van der Waals surface area contributed by atoms with Gasteiger partial charge in [-0.3, -0.25) is 0 Å². The van der Waals surface area contributed by atoms with Gasteiger partial charge in [-0.2, -0.15) is 0 Å². The van der Waals surface area contributed by atoms with Gasteiger partial charge in [0.25, 0.3) is 0 Å². The Morgan fingerprint density at radius 1 is 1.17 bits per heavy atom. The molecule has 0 saturated carbocycles. The molecule has 1 aromatic carbocycles. The SMILES string of the molecule is CC(C)[C@@H](O)c1ccc(N)cc1. The Bertz CT molecular complexity index is 241. The molecule has 0 saturated heterocycles. The normalized spacial score (nSPS) is 13.3. The van der Waals surface area contributed by atoms with Gasteiger partial charge in [-0.25, -0.2) is 0 Å². The lowest BCUT2D eigenvalue weighted by molar-refractivity contribution is 0.127. The van der Waals surface area contributed by atoms with E-state index in [0.29, 0.717) is 0 Å². The van der Waals surface area contributed by atoms with Gasteiger partial charge in [0.05, 0.1) is 6.10 Å². The number of anilines is 1. The van der Waals surface area contributed by atoms with Gasteiger partial charge in [0.1, 0.15) is 0 Å². The van der Waals surface area contributed by atoms with Crippen LogP contribution in [0, 0.1) is 5.92 Å². The van der Waals surface area contributed by atoms with Crippen molar-refractivity contribution in [2.45, 2.75) is 20.0 Å². The van der Waals surface area contributed by atoms with Gasteiger partial charge < -0.3 is 10.8 Å². The van der Waals surface area contributed by atoms with Gasteiger partial charge in [0, 0.05) is 5.69 Å². The summed E-state index contributed by atoms with van der Waals surface area (Å²) in [6, 6.07) is 7.34. The highest BCUT2D eigenvalue weighted by atomic mass is 16.3. The molecule has 1 aromatic rings. The van der Waals surface area contributed by atoms with E-state index in [-0.39, 0.29) is 12.0 Å². The lowest BCUT2D eigenvalue weighted by Gasteiger charge is -2.14. The van der Waals surface area contributed by atoms with Crippen LogP contribution in [0.3, 0.4) is 0 Å². The highest BCUT2D eigenvalue weighted by molar-refractivity contribution is 5.39. The van der Waals surface area contributed by atoms with E-state index >= 15 is 0 Å². The van der Waals surface area contributed by atoms with Crippen molar-refractivity contribution in [3.8, 4) is 0 Å². The van der Waals surface area contributed by atoms with Crippen LogP contribution in [-0.2, 0) is 0 Å². The summed E-state index contributed by atoms with van der Waals surface area (Å²) >= 11 is 0. The molecule has 0 aliphatic heterocycles. The molecule has 0 unspecified atom stereocenters. The number of nitrogen functional groups attached to an aromatic ring is 1. The third-order valence-corrected chi connectivity index (χ3v) is 1.91. The molecule has 0 aromatic heterocycles. The predicted molar refractivity (Wildman–Crippen MR) is 50.7 cm³/mol. The molecule has 0 spiro atoms. The average molecular weight is 165 g/mol. The molecule has 0 amide bonds. The van der Waals surface area contributed by atoms with Crippen molar-refractivity contribution < 1.29 is 5.11 Å². The van der Waals surface area contributed by atoms with Gasteiger partial charge >= 0.3 is 0 Å². The van der Waals surface area contributed by atoms with Gasteiger partial charge in [0.15, 0.2) is 0 Å². The van der Waals surface area contributed by atoms with E-state index in [4.69, 9.17) is 5.73 Å². The van der Waals surface area contributed by atoms with E-state index in [1.807, 2.05) is 26.0 Å². The molecule has 2 heteroatoms. The van der Waals surface area contributed by atoms with Gasteiger partial charge in [-0.1, -0.05) is 26.0 Å². The highest BCUT2D eigenvalue weighted by Gasteiger charge is 2.10. The number of benzene rings is 1. The van der Waals surface area contributed by atoms with Crippen LogP contribution in [0.4, 0.5) is 5.69 Å². The van der Waals surface area contributed by atoms with Crippen LogP contribution in [0.25, 0.3) is 0 Å². The maximum atomic E-state index is 9.65. The van der Waals surface area contributed by atoms with Gasteiger partial charge in [-0.15, -0.1) is 0 Å². The first-order valence-electron chi connectivity index (χ1n) is 4.14. The first-order valence-corrected chi connectivity index (χ1v) is 4.14. The van der Waals surface area contributed by atoms with Gasteiger partial charge in [0.2, 0.25) is 0 Å². The summed E-state index contributed by atoms with van der Waals surface area (Å²) in [7, 11) is 0. The van der Waals surface area contributed by atoms with Crippen molar-refractivity contribution in [1.82, 2.24) is 0 Å². The van der Waals surface area contributed by atoms with E-state index in [1.165, 1.54) is 0 Å². The fraction of sp³-hybridized carbons (Fsp3) is 0.400. The molecule has 0 radical (unpaired) electrons. The minimum atomic E-state index is -0.384. The van der Waals surface area contributed by atoms with Crippen molar-refractivity contribution in [3.05, 3.63) is 29.8 Å². The first-order chi connectivity index (χ1) is 5.61. The lowest BCUT2D eigenvalue weighted by Crippen LogP contribution is -2.05. The van der Waals surface area contributed by atoms with Crippen LogP contribution in [0.2, 0.25) is 0 Å². The van der Waals surface area contributed by atoms with Crippen molar-refractivity contribution in [2.24, 2.45) is 5.92 Å². The number of rotatable bonds is 2. The van der Waals surface area contributed by atoms with E-state index < -0.39 is 0 Å². The number of aliphatic hydroxyl groups is 1. The van der Waals surface area contributed by atoms with Crippen LogP contribution >= 0.6 is 0 Å². The molecule has 0 aliphatic rings. The van der Waals surface area contributed by atoms with Crippen LogP contribution in [0.5, 0.6) is 0 Å². The summed E-state index contributed by atoms with van der Waals surface area (Å²) in [6.07, 6.45) is -0.384. The monoisotopic (exact) mass is 165 g/mol. The average Bonchev–Trinajstić information content (AvgIpc) is 2.04. The first kappa shape index (κ1) is 9.07. The van der Waals surface area contributed by atoms with Crippen LogP contribution in [-0.4, -0.2) is 5.11 Å². The van der Waals surface area contributed by atoms with Crippen LogP contribution in [0.15, 0.2) is 24.3 Å². The molecule has 0 aliphatic carbocycles. The summed E-state index contributed by atoms with van der Waals surface area (Å²) in [4.78, 5) is 0. The number of aliphatic hydroxyl groups excluding tert-OH is 1. The molecular formula is C10H15NO. The Hall–Kier alpha value is -1.02. The molecule has 3 N–H and O–H groups in total. The molecular weight excluding hydrogens is 150 g/mol. The molecule has 12 heavy (non-hydrogen) atoms. The fourth-order valence-corrected chi connectivity index (χ4v) is 1.08. The smallest absolute Gasteiger partial charge is 0.0812 e. The molecule has 0 fully saturated rings. The minimum absolute atomic E-state index is 0.244. The van der Waals surface area contributed by atoms with E-state index in [1.54, 1.807) is 12.1 Å². The number of nitrogens with two attached hydrogens (primary N) is 1. The molecule has 1 rings (SSSR count). The van der Waals surface area contributed by atoms with Crippen molar-refractivity contribution in [2.75, 3.05) is 5.73 Å². The number of hydrogen-bond donors (Lipinski definition) is 2. The summed E-state index contributed by atoms with van der Waals surface area (Å²) in [5, 5.41) is 9.65. The standard InChI is InChI=1S/C10H15NO/c1-7(2)10(12)8-3-5-9(11)6-4-8/h3-7,10,12H,11H2,1-2H3/t10-/m1/s1. The topological polar surface area (TPSA) is 46.2 Å². The maximum Gasteiger partial charge on any atom is 0.0812 e. The minimum Gasteiger partial charge on any atom is -0.399 e. The molecule has 0 heterocycles. The largest absolute Gasteiger partial charge is 0.399 e. The second-order valence-electron chi connectivity index (χ2n) is 3.36. The highest BCUT2D eigenvalue weighted by Crippen LogP contribution is 2.21. The van der Waals surface area contributed by atoms with E-state index in [2.05, 4.69) is 0 Å². The Morgan fingerprint density at radius 2 is 1.67 bits per heavy atom. The second kappa shape index (κ2) is 3.59. The van der Waals surface area contributed by atoms with Crippen LogP contribution < -0.4 is 5.73 Å². The van der Waals surface area contributed by atoms with Gasteiger partial charge in [-0.05, 0) is 23.6 Å². The predicted octanol–water partition coefficient (Wildman–Crippen LogP) is 1.96. The van der Waals surface area contributed by atoms with Crippen molar-refractivity contribution in [1.29, 1.82) is 0 Å². The zero-order valence-corrected chi connectivity index (χ0v) is 7.49. The zero-order valence-electron chi connectivity index (χ0n) is 7.49. The molecule has 0 bridgehead atoms. The Kier molecular flexibility index (Phi) is 2.71. The molecule has 2 nitrogen and oxygen atoms in total. The van der Waals surface area contributed by atoms with Crippen LogP contribution in [0.1, 0.15) is 25.5 Å². The van der Waals surface area contributed by atoms with E-state index in [0.717, 1.165) is 11.3 Å².